The minimum Gasteiger partial charge on any atom is -0.460 e. The molecule has 2 fully saturated rings. The summed E-state index contributed by atoms with van der Waals surface area (Å²) < 4.78 is 8.04. The first-order chi connectivity index (χ1) is 14.7. The van der Waals surface area contributed by atoms with Crippen molar-refractivity contribution in [3.05, 3.63) is 59.4 Å². The molecule has 156 valence electrons. The van der Waals surface area contributed by atoms with Crippen molar-refractivity contribution in [3.8, 4) is 11.3 Å². The fourth-order valence-electron chi connectivity index (χ4n) is 4.08. The number of halogens is 1. The van der Waals surface area contributed by atoms with Gasteiger partial charge in [-0.2, -0.15) is 5.10 Å². The zero-order chi connectivity index (χ0) is 20.5. The Morgan fingerprint density at radius 1 is 1.13 bits per heavy atom. The Hall–Kier alpha value is -2.57. The van der Waals surface area contributed by atoms with Gasteiger partial charge < -0.3 is 9.73 Å². The summed E-state index contributed by atoms with van der Waals surface area (Å²) in [4.78, 5) is 14.5. The molecule has 1 N–H and O–H groups in total. The van der Waals surface area contributed by atoms with Crippen LogP contribution >= 0.6 is 11.6 Å². The normalized spacial score (nSPS) is 17.9. The van der Waals surface area contributed by atoms with Gasteiger partial charge in [0, 0.05) is 35.7 Å². The van der Waals surface area contributed by atoms with Crippen molar-refractivity contribution in [2.45, 2.75) is 38.3 Å². The summed E-state index contributed by atoms with van der Waals surface area (Å²) in [6, 6.07) is 14.0. The zero-order valence-corrected chi connectivity index (χ0v) is 17.5. The molecule has 7 heteroatoms. The topological polar surface area (TPSA) is 63.3 Å². The molecule has 1 saturated heterocycles. The van der Waals surface area contributed by atoms with E-state index in [0.29, 0.717) is 11.1 Å². The predicted octanol–water partition coefficient (Wildman–Crippen LogP) is 4.98. The monoisotopic (exact) mass is 424 g/mol. The van der Waals surface area contributed by atoms with E-state index in [2.05, 4.69) is 15.3 Å². The molecule has 2 aliphatic rings. The second kappa shape index (κ2) is 8.28. The van der Waals surface area contributed by atoms with Gasteiger partial charge in [-0.3, -0.25) is 9.69 Å². The number of likely N-dealkylation sites (tertiary alicyclic amines) is 1. The second-order valence-electron chi connectivity index (χ2n) is 8.21. The van der Waals surface area contributed by atoms with Gasteiger partial charge in [0.25, 0.3) is 0 Å². The molecule has 0 unspecified atom stereocenters. The number of hydrogen-bond donors (Lipinski definition) is 1. The summed E-state index contributed by atoms with van der Waals surface area (Å²) in [5.41, 5.74) is 0.993. The Morgan fingerprint density at radius 3 is 2.73 bits per heavy atom. The molecule has 1 aliphatic heterocycles. The molecule has 0 atom stereocenters. The van der Waals surface area contributed by atoms with E-state index in [-0.39, 0.29) is 11.8 Å². The third kappa shape index (κ3) is 4.30. The van der Waals surface area contributed by atoms with E-state index in [1.54, 1.807) is 6.20 Å². The minimum atomic E-state index is 0.127. The Labute approximate surface area is 180 Å². The summed E-state index contributed by atoms with van der Waals surface area (Å²) >= 11 is 6.09. The highest BCUT2D eigenvalue weighted by atomic mass is 35.5. The zero-order valence-electron chi connectivity index (χ0n) is 16.8. The molecule has 3 aromatic rings. The average Bonchev–Trinajstić information content (AvgIpc) is 3.34. The van der Waals surface area contributed by atoms with Crippen LogP contribution in [0.5, 0.6) is 0 Å². The van der Waals surface area contributed by atoms with Crippen molar-refractivity contribution in [1.29, 1.82) is 0 Å². The van der Waals surface area contributed by atoms with Gasteiger partial charge in [-0.05, 0) is 49.9 Å². The van der Waals surface area contributed by atoms with Gasteiger partial charge in [-0.1, -0.05) is 23.7 Å². The Balaban J connectivity index is 1.17. The summed E-state index contributed by atoms with van der Waals surface area (Å²) in [7, 11) is 0. The van der Waals surface area contributed by atoms with Gasteiger partial charge in [-0.25, -0.2) is 4.68 Å². The van der Waals surface area contributed by atoms with Crippen LogP contribution in [0.15, 0.2) is 53.1 Å². The molecule has 1 saturated carbocycles. The fourth-order valence-corrected chi connectivity index (χ4v) is 4.27. The number of amides is 1. The first-order valence-corrected chi connectivity index (χ1v) is 10.9. The molecule has 0 bridgehead atoms. The summed E-state index contributed by atoms with van der Waals surface area (Å²) in [5.74, 6) is 2.94. The van der Waals surface area contributed by atoms with E-state index in [0.717, 1.165) is 68.2 Å². The number of furan rings is 1. The quantitative estimate of drug-likeness (QED) is 0.606. The number of rotatable bonds is 6. The van der Waals surface area contributed by atoms with Crippen LogP contribution in [0.3, 0.4) is 0 Å². The molecule has 6 nitrogen and oxygen atoms in total. The number of piperidine rings is 1. The Morgan fingerprint density at radius 2 is 1.97 bits per heavy atom. The number of nitrogens with zero attached hydrogens (tertiary/aromatic N) is 3. The smallest absolute Gasteiger partial charge is 0.228 e. The number of aromatic nitrogens is 2. The second-order valence-corrected chi connectivity index (χ2v) is 8.64. The van der Waals surface area contributed by atoms with E-state index in [4.69, 9.17) is 16.0 Å². The van der Waals surface area contributed by atoms with Crippen LogP contribution < -0.4 is 5.32 Å². The van der Waals surface area contributed by atoms with Crippen LogP contribution in [0.4, 0.5) is 5.82 Å². The number of carbonyl (C=O) groups is 1. The van der Waals surface area contributed by atoms with Crippen LogP contribution in [0, 0.1) is 5.92 Å². The van der Waals surface area contributed by atoms with E-state index in [1.165, 1.54) is 0 Å². The van der Waals surface area contributed by atoms with Crippen LogP contribution in [-0.2, 0) is 11.3 Å². The lowest BCUT2D eigenvalue weighted by atomic mass is 10.1. The lowest BCUT2D eigenvalue weighted by molar-refractivity contribution is -0.117. The van der Waals surface area contributed by atoms with Gasteiger partial charge in [0.05, 0.1) is 18.8 Å². The molecular formula is C23H25ClN4O2. The molecule has 2 aromatic heterocycles. The van der Waals surface area contributed by atoms with Crippen molar-refractivity contribution in [3.63, 3.8) is 0 Å². The fraction of sp³-hybridized carbons (Fsp3) is 0.391. The first-order valence-electron chi connectivity index (χ1n) is 10.6. The van der Waals surface area contributed by atoms with E-state index in [9.17, 15) is 4.79 Å². The van der Waals surface area contributed by atoms with E-state index < -0.39 is 0 Å². The molecular weight excluding hydrogens is 400 g/mol. The molecule has 1 aliphatic carbocycles. The lowest BCUT2D eigenvalue weighted by Crippen LogP contribution is -2.35. The van der Waals surface area contributed by atoms with Crippen molar-refractivity contribution in [2.24, 2.45) is 5.92 Å². The van der Waals surface area contributed by atoms with Crippen molar-refractivity contribution < 1.29 is 9.21 Å². The standard InChI is InChI=1S/C23H25ClN4O2/c24-18-3-1-2-17(14-18)21-7-6-20(30-21)15-27-12-9-19(10-13-27)28-22(8-11-25-28)26-23(29)16-4-5-16/h1-3,6-8,11,14,16,19H,4-5,9-10,12-13,15H2,(H,26,29). The minimum absolute atomic E-state index is 0.127. The van der Waals surface area contributed by atoms with E-state index >= 15 is 0 Å². The summed E-state index contributed by atoms with van der Waals surface area (Å²) in [6.45, 7) is 2.72. The third-order valence-corrected chi connectivity index (χ3v) is 6.16. The van der Waals surface area contributed by atoms with Gasteiger partial charge in [0.1, 0.15) is 17.3 Å². The molecule has 1 aromatic carbocycles. The predicted molar refractivity (Wildman–Crippen MR) is 116 cm³/mol. The number of anilines is 1. The molecule has 5 rings (SSSR count). The average molecular weight is 425 g/mol. The van der Waals surface area contributed by atoms with Gasteiger partial charge >= 0.3 is 0 Å². The number of carbonyl (C=O) groups excluding carboxylic acids is 1. The van der Waals surface area contributed by atoms with Gasteiger partial charge in [-0.15, -0.1) is 0 Å². The molecule has 3 heterocycles. The molecule has 30 heavy (non-hydrogen) atoms. The van der Waals surface area contributed by atoms with E-state index in [1.807, 2.05) is 47.1 Å². The Kier molecular flexibility index (Phi) is 5.35. The SMILES string of the molecule is O=C(Nc1ccnn1C1CCN(Cc2ccc(-c3cccc(Cl)c3)o2)CC1)C1CC1. The van der Waals surface area contributed by atoms with Crippen molar-refractivity contribution >= 4 is 23.3 Å². The number of benzene rings is 1. The largest absolute Gasteiger partial charge is 0.460 e. The molecule has 0 radical (unpaired) electrons. The molecule has 0 spiro atoms. The highest BCUT2D eigenvalue weighted by molar-refractivity contribution is 6.30. The summed E-state index contributed by atoms with van der Waals surface area (Å²) in [6.07, 6.45) is 5.77. The van der Waals surface area contributed by atoms with Crippen LogP contribution in [-0.4, -0.2) is 33.7 Å². The van der Waals surface area contributed by atoms with Gasteiger partial charge in [0.15, 0.2) is 0 Å². The number of hydrogen-bond acceptors (Lipinski definition) is 4. The maximum absolute atomic E-state index is 12.1. The lowest BCUT2D eigenvalue weighted by Gasteiger charge is -2.32. The number of nitrogens with one attached hydrogen (secondary N) is 1. The van der Waals surface area contributed by atoms with Crippen LogP contribution in [0.2, 0.25) is 5.02 Å². The maximum atomic E-state index is 12.1. The maximum Gasteiger partial charge on any atom is 0.228 e. The third-order valence-electron chi connectivity index (χ3n) is 5.92. The van der Waals surface area contributed by atoms with Crippen molar-refractivity contribution in [2.75, 3.05) is 18.4 Å². The van der Waals surface area contributed by atoms with Crippen molar-refractivity contribution in [1.82, 2.24) is 14.7 Å². The first kappa shape index (κ1) is 19.4. The van der Waals surface area contributed by atoms with Crippen LogP contribution in [0.25, 0.3) is 11.3 Å². The summed E-state index contributed by atoms with van der Waals surface area (Å²) in [5, 5.41) is 8.23. The van der Waals surface area contributed by atoms with Gasteiger partial charge in [0.2, 0.25) is 5.91 Å². The highest BCUT2D eigenvalue weighted by Crippen LogP contribution is 2.32. The van der Waals surface area contributed by atoms with Crippen LogP contribution in [0.1, 0.15) is 37.5 Å². The highest BCUT2D eigenvalue weighted by Gasteiger charge is 2.31. The molecule has 1 amide bonds. The Bertz CT molecular complexity index is 1030.